The molecular formula is C11H13N7. The van der Waals surface area contributed by atoms with Crippen molar-refractivity contribution >= 4 is 11.3 Å². The maximum Gasteiger partial charge on any atom is 0.169 e. The van der Waals surface area contributed by atoms with E-state index in [-0.39, 0.29) is 0 Å². The van der Waals surface area contributed by atoms with Crippen LogP contribution in [-0.4, -0.2) is 29.4 Å². The van der Waals surface area contributed by atoms with Gasteiger partial charge < -0.3 is 5.32 Å². The molecule has 0 aliphatic carbocycles. The Morgan fingerprint density at radius 3 is 2.94 bits per heavy atom. The molecule has 7 nitrogen and oxygen atoms in total. The summed E-state index contributed by atoms with van der Waals surface area (Å²) in [6.45, 7) is 2.49. The zero-order chi connectivity index (χ0) is 12.5. The monoisotopic (exact) mass is 243 g/mol. The summed E-state index contributed by atoms with van der Waals surface area (Å²) in [7, 11) is 1.84. The second-order valence-electron chi connectivity index (χ2n) is 4.08. The minimum absolute atomic E-state index is 0.539. The fourth-order valence-corrected chi connectivity index (χ4v) is 1.81. The van der Waals surface area contributed by atoms with Crippen molar-refractivity contribution in [3.05, 3.63) is 36.3 Å². The van der Waals surface area contributed by atoms with Crippen molar-refractivity contribution in [3.8, 4) is 0 Å². The molecule has 18 heavy (non-hydrogen) atoms. The summed E-state index contributed by atoms with van der Waals surface area (Å²) < 4.78 is 3.48. The number of nitrogens with zero attached hydrogens (tertiary/aromatic N) is 6. The van der Waals surface area contributed by atoms with E-state index in [0.29, 0.717) is 6.54 Å². The van der Waals surface area contributed by atoms with E-state index in [9.17, 15) is 0 Å². The Morgan fingerprint density at radius 2 is 2.17 bits per heavy atom. The van der Waals surface area contributed by atoms with Crippen molar-refractivity contribution in [1.29, 1.82) is 0 Å². The molecular weight excluding hydrogens is 230 g/mol. The molecule has 0 saturated carbocycles. The highest BCUT2D eigenvalue weighted by Crippen LogP contribution is 2.14. The standard InChI is InChI=1S/C11H13N7/c1-8-5-9-11(12-3-4-18(9)15-8)13-6-10-14-7-17(2)16-10/h3-5,7H,6H2,1-2H3,(H,12,13). The first-order chi connectivity index (χ1) is 8.72. The first kappa shape index (κ1) is 10.7. The Bertz CT molecular complexity index is 682. The first-order valence-corrected chi connectivity index (χ1v) is 5.62. The van der Waals surface area contributed by atoms with Crippen LogP contribution >= 0.6 is 0 Å². The lowest BCUT2D eigenvalue weighted by molar-refractivity contribution is 0.747. The Morgan fingerprint density at radius 1 is 1.28 bits per heavy atom. The summed E-state index contributed by atoms with van der Waals surface area (Å²) in [5, 5.41) is 11.8. The zero-order valence-corrected chi connectivity index (χ0v) is 10.2. The predicted octanol–water partition coefficient (Wildman–Crippen LogP) is 0.778. The lowest BCUT2D eigenvalue weighted by Crippen LogP contribution is -2.05. The summed E-state index contributed by atoms with van der Waals surface area (Å²) in [6, 6.07) is 1.99. The van der Waals surface area contributed by atoms with Gasteiger partial charge in [0.15, 0.2) is 11.6 Å². The number of hydrogen-bond donors (Lipinski definition) is 1. The van der Waals surface area contributed by atoms with E-state index in [1.165, 1.54) is 0 Å². The van der Waals surface area contributed by atoms with Gasteiger partial charge in [0.2, 0.25) is 0 Å². The van der Waals surface area contributed by atoms with Crippen LogP contribution in [0, 0.1) is 6.92 Å². The fourth-order valence-electron chi connectivity index (χ4n) is 1.81. The van der Waals surface area contributed by atoms with Gasteiger partial charge in [-0.3, -0.25) is 4.68 Å². The van der Waals surface area contributed by atoms with Gasteiger partial charge in [-0.25, -0.2) is 14.5 Å². The van der Waals surface area contributed by atoms with E-state index < -0.39 is 0 Å². The fraction of sp³-hybridized carbons (Fsp3) is 0.273. The van der Waals surface area contributed by atoms with Gasteiger partial charge in [0.1, 0.15) is 11.8 Å². The highest BCUT2D eigenvalue weighted by Gasteiger charge is 2.06. The maximum atomic E-state index is 4.33. The topological polar surface area (TPSA) is 72.9 Å². The van der Waals surface area contributed by atoms with Crippen LogP contribution in [0.3, 0.4) is 0 Å². The largest absolute Gasteiger partial charge is 0.361 e. The summed E-state index contributed by atoms with van der Waals surface area (Å²) in [5.74, 6) is 1.52. The highest BCUT2D eigenvalue weighted by molar-refractivity contribution is 5.67. The van der Waals surface area contributed by atoms with Crippen LogP contribution in [0.4, 0.5) is 5.82 Å². The lowest BCUT2D eigenvalue weighted by atomic mass is 10.4. The van der Waals surface area contributed by atoms with Crippen LogP contribution in [0.15, 0.2) is 24.8 Å². The van der Waals surface area contributed by atoms with E-state index in [4.69, 9.17) is 0 Å². The summed E-state index contributed by atoms with van der Waals surface area (Å²) in [4.78, 5) is 8.46. The van der Waals surface area contributed by atoms with Gasteiger partial charge in [-0.05, 0) is 13.0 Å². The smallest absolute Gasteiger partial charge is 0.169 e. The normalized spacial score (nSPS) is 11.0. The van der Waals surface area contributed by atoms with Gasteiger partial charge >= 0.3 is 0 Å². The van der Waals surface area contributed by atoms with E-state index in [1.54, 1.807) is 21.7 Å². The number of hydrogen-bond acceptors (Lipinski definition) is 5. The molecule has 0 unspecified atom stereocenters. The van der Waals surface area contributed by atoms with Gasteiger partial charge in [0.05, 0.1) is 12.2 Å². The molecule has 0 radical (unpaired) electrons. The number of aryl methyl sites for hydroxylation is 2. The minimum Gasteiger partial charge on any atom is -0.361 e. The van der Waals surface area contributed by atoms with Crippen molar-refractivity contribution in [3.63, 3.8) is 0 Å². The average molecular weight is 243 g/mol. The molecule has 0 fully saturated rings. The number of rotatable bonds is 3. The second-order valence-corrected chi connectivity index (χ2v) is 4.08. The van der Waals surface area contributed by atoms with Crippen LogP contribution < -0.4 is 5.32 Å². The molecule has 0 aliphatic rings. The Hall–Kier alpha value is -2.44. The number of nitrogens with one attached hydrogen (secondary N) is 1. The predicted molar refractivity (Wildman–Crippen MR) is 66.1 cm³/mol. The van der Waals surface area contributed by atoms with Gasteiger partial charge in [0.25, 0.3) is 0 Å². The Kier molecular flexibility index (Phi) is 2.44. The SMILES string of the molecule is Cc1cc2c(NCc3ncn(C)n3)nccn2n1. The summed E-state index contributed by atoms with van der Waals surface area (Å²) >= 11 is 0. The van der Waals surface area contributed by atoms with Gasteiger partial charge in [0, 0.05) is 19.4 Å². The van der Waals surface area contributed by atoms with Crippen LogP contribution in [-0.2, 0) is 13.6 Å². The van der Waals surface area contributed by atoms with Crippen LogP contribution in [0.2, 0.25) is 0 Å². The summed E-state index contributed by atoms with van der Waals surface area (Å²) in [6.07, 6.45) is 5.22. The second kappa shape index (κ2) is 4.10. The highest BCUT2D eigenvalue weighted by atomic mass is 15.3. The molecule has 0 amide bonds. The Balaban J connectivity index is 1.86. The molecule has 7 heteroatoms. The van der Waals surface area contributed by atoms with Gasteiger partial charge in [-0.2, -0.15) is 10.2 Å². The van der Waals surface area contributed by atoms with Crippen LogP contribution in [0.25, 0.3) is 5.52 Å². The molecule has 0 atom stereocenters. The van der Waals surface area contributed by atoms with Crippen molar-refractivity contribution < 1.29 is 0 Å². The molecule has 0 spiro atoms. The third-order valence-corrected chi connectivity index (χ3v) is 2.57. The van der Waals surface area contributed by atoms with Crippen molar-refractivity contribution in [2.24, 2.45) is 7.05 Å². The number of anilines is 1. The lowest BCUT2D eigenvalue weighted by Gasteiger charge is -2.04. The van der Waals surface area contributed by atoms with Gasteiger partial charge in [-0.1, -0.05) is 0 Å². The maximum absolute atomic E-state index is 4.33. The quantitative estimate of drug-likeness (QED) is 0.736. The summed E-state index contributed by atoms with van der Waals surface area (Å²) in [5.41, 5.74) is 1.91. The molecule has 92 valence electrons. The third kappa shape index (κ3) is 1.90. The molecule has 3 rings (SSSR count). The van der Waals surface area contributed by atoms with E-state index in [2.05, 4.69) is 25.5 Å². The molecule has 0 aliphatic heterocycles. The molecule has 0 saturated heterocycles. The van der Waals surface area contributed by atoms with Crippen molar-refractivity contribution in [2.45, 2.75) is 13.5 Å². The molecule has 0 bridgehead atoms. The van der Waals surface area contributed by atoms with E-state index >= 15 is 0 Å². The number of aromatic nitrogens is 6. The van der Waals surface area contributed by atoms with Crippen LogP contribution in [0.5, 0.6) is 0 Å². The van der Waals surface area contributed by atoms with Crippen molar-refractivity contribution in [1.82, 2.24) is 29.4 Å². The molecule has 0 aromatic carbocycles. The van der Waals surface area contributed by atoms with Crippen molar-refractivity contribution in [2.75, 3.05) is 5.32 Å². The molecule has 3 aromatic heterocycles. The Labute approximate surface area is 103 Å². The first-order valence-electron chi connectivity index (χ1n) is 5.62. The van der Waals surface area contributed by atoms with Gasteiger partial charge in [-0.15, -0.1) is 0 Å². The van der Waals surface area contributed by atoms with E-state index in [1.807, 2.05) is 26.2 Å². The molecule has 1 N–H and O–H groups in total. The third-order valence-electron chi connectivity index (χ3n) is 2.57. The molecule has 3 heterocycles. The molecule has 3 aromatic rings. The average Bonchev–Trinajstić information content (AvgIpc) is 2.91. The number of fused-ring (bicyclic) bond motifs is 1. The minimum atomic E-state index is 0.539. The zero-order valence-electron chi connectivity index (χ0n) is 10.2. The van der Waals surface area contributed by atoms with E-state index in [0.717, 1.165) is 22.9 Å². The van der Waals surface area contributed by atoms with Crippen LogP contribution in [0.1, 0.15) is 11.5 Å².